The highest BCUT2D eigenvalue weighted by molar-refractivity contribution is 5.01. The lowest BCUT2D eigenvalue weighted by atomic mass is 9.82. The van der Waals surface area contributed by atoms with Crippen LogP contribution in [0.3, 0.4) is 0 Å². The maximum atomic E-state index is 5.87. The summed E-state index contributed by atoms with van der Waals surface area (Å²) in [5, 5.41) is 8.06. The van der Waals surface area contributed by atoms with E-state index in [9.17, 15) is 0 Å². The number of nitrogens with two attached hydrogens (primary N) is 1. The number of nitrogens with zero attached hydrogens (tertiary/aromatic N) is 3. The first-order valence-electron chi connectivity index (χ1n) is 6.23. The number of hydrogen-bond acceptors (Lipinski definition) is 5. The first-order chi connectivity index (χ1) is 8.26. The predicted molar refractivity (Wildman–Crippen MR) is 61.8 cm³/mol. The van der Waals surface area contributed by atoms with Crippen LogP contribution in [0.25, 0.3) is 0 Å². The van der Waals surface area contributed by atoms with Crippen LogP contribution in [0.4, 0.5) is 0 Å². The van der Waals surface area contributed by atoms with Crippen LogP contribution in [-0.2, 0) is 18.2 Å². The molecule has 17 heavy (non-hydrogen) atoms. The molecule has 6 heteroatoms. The number of hydrazine groups is 1. The van der Waals surface area contributed by atoms with Crippen molar-refractivity contribution in [3.63, 3.8) is 0 Å². The molecule has 2 aliphatic heterocycles. The predicted octanol–water partition coefficient (Wildman–Crippen LogP) is -0.243. The molecule has 0 radical (unpaired) electrons. The largest absolute Gasteiger partial charge is 0.375 e. The average Bonchev–Trinajstić information content (AvgIpc) is 3.01. The first-order valence-corrected chi connectivity index (χ1v) is 6.23. The average molecular weight is 237 g/mol. The second-order valence-electron chi connectivity index (χ2n) is 5.13. The van der Waals surface area contributed by atoms with Crippen molar-refractivity contribution in [3.05, 3.63) is 11.9 Å². The van der Waals surface area contributed by atoms with Crippen molar-refractivity contribution in [1.82, 2.24) is 20.4 Å². The number of rotatable bonds is 4. The van der Waals surface area contributed by atoms with Crippen LogP contribution in [0.15, 0.2) is 6.20 Å². The molecule has 0 saturated carbocycles. The van der Waals surface area contributed by atoms with E-state index in [0.29, 0.717) is 18.1 Å². The van der Waals surface area contributed by atoms with Gasteiger partial charge in [-0.2, -0.15) is 0 Å². The molecule has 1 aromatic heterocycles. The molecule has 94 valence electrons. The fourth-order valence-electron chi connectivity index (χ4n) is 3.15. The Labute approximate surface area is 100 Å². The van der Waals surface area contributed by atoms with Crippen LogP contribution in [0.2, 0.25) is 0 Å². The lowest BCUT2D eigenvalue weighted by Gasteiger charge is -2.27. The van der Waals surface area contributed by atoms with Crippen LogP contribution in [0.1, 0.15) is 25.0 Å². The molecule has 2 saturated heterocycles. The molecule has 4 atom stereocenters. The quantitative estimate of drug-likeness (QED) is 0.558. The summed E-state index contributed by atoms with van der Waals surface area (Å²) in [5.41, 5.74) is 3.91. The molecule has 6 nitrogen and oxygen atoms in total. The second kappa shape index (κ2) is 4.36. The van der Waals surface area contributed by atoms with Crippen molar-refractivity contribution < 1.29 is 4.74 Å². The van der Waals surface area contributed by atoms with Gasteiger partial charge in [0.15, 0.2) is 0 Å². The van der Waals surface area contributed by atoms with E-state index in [-0.39, 0.29) is 6.04 Å². The Hall–Kier alpha value is -0.980. The number of fused-ring (bicyclic) bond motifs is 2. The van der Waals surface area contributed by atoms with Gasteiger partial charge in [0.1, 0.15) is 0 Å². The highest BCUT2D eigenvalue weighted by Crippen LogP contribution is 2.40. The molecule has 0 amide bonds. The van der Waals surface area contributed by atoms with Gasteiger partial charge in [0.25, 0.3) is 0 Å². The van der Waals surface area contributed by atoms with Gasteiger partial charge in [-0.15, -0.1) is 5.10 Å². The molecule has 0 spiro atoms. The van der Waals surface area contributed by atoms with Crippen molar-refractivity contribution in [3.8, 4) is 0 Å². The van der Waals surface area contributed by atoms with Crippen LogP contribution in [-0.4, -0.2) is 33.2 Å². The van der Waals surface area contributed by atoms with Crippen LogP contribution >= 0.6 is 0 Å². The molecule has 1 aromatic rings. The highest BCUT2D eigenvalue weighted by Gasteiger charge is 2.44. The van der Waals surface area contributed by atoms with E-state index in [0.717, 1.165) is 18.5 Å². The second-order valence-corrected chi connectivity index (χ2v) is 5.13. The van der Waals surface area contributed by atoms with Crippen molar-refractivity contribution in [2.45, 2.75) is 43.9 Å². The molecule has 3 heterocycles. The van der Waals surface area contributed by atoms with Gasteiger partial charge in [0, 0.05) is 31.6 Å². The van der Waals surface area contributed by atoms with E-state index in [1.807, 2.05) is 13.2 Å². The summed E-state index contributed by atoms with van der Waals surface area (Å²) in [6.07, 6.45) is 7.12. The van der Waals surface area contributed by atoms with Gasteiger partial charge in [-0.05, 0) is 19.3 Å². The summed E-state index contributed by atoms with van der Waals surface area (Å²) in [7, 11) is 1.88. The summed E-state index contributed by atoms with van der Waals surface area (Å²) in [5.74, 6) is 6.19. The van der Waals surface area contributed by atoms with Gasteiger partial charge in [0.2, 0.25) is 0 Å². The summed E-state index contributed by atoms with van der Waals surface area (Å²) in [6, 6.07) is 0.238. The zero-order valence-corrected chi connectivity index (χ0v) is 10.0. The zero-order valence-electron chi connectivity index (χ0n) is 10.0. The summed E-state index contributed by atoms with van der Waals surface area (Å²) in [6.45, 7) is 0. The van der Waals surface area contributed by atoms with Gasteiger partial charge in [-0.3, -0.25) is 16.0 Å². The van der Waals surface area contributed by atoms with E-state index in [4.69, 9.17) is 10.6 Å². The van der Waals surface area contributed by atoms with Crippen LogP contribution < -0.4 is 11.3 Å². The molecule has 3 N–H and O–H groups in total. The van der Waals surface area contributed by atoms with E-state index >= 15 is 0 Å². The number of nitrogens with one attached hydrogen (secondary N) is 1. The fraction of sp³-hybridized carbons (Fsp3) is 0.818. The molecule has 0 aromatic carbocycles. The minimum Gasteiger partial charge on any atom is -0.375 e. The highest BCUT2D eigenvalue weighted by atomic mass is 16.5. The summed E-state index contributed by atoms with van der Waals surface area (Å²) < 4.78 is 7.60. The van der Waals surface area contributed by atoms with Gasteiger partial charge in [-0.1, -0.05) is 5.21 Å². The molecule has 0 aliphatic carbocycles. The fourth-order valence-corrected chi connectivity index (χ4v) is 3.15. The standard InChI is InChI=1S/C11H19N5O/c1-16-6-7(14-15-16)4-10(13-12)9-5-8-2-3-11(9)17-8/h6,8-11,13H,2-5,12H2,1H3. The number of aromatic nitrogens is 3. The van der Waals surface area contributed by atoms with Gasteiger partial charge in [-0.25, -0.2) is 0 Å². The lowest BCUT2D eigenvalue weighted by Crippen LogP contribution is -2.45. The topological polar surface area (TPSA) is 78.0 Å². The number of hydrogen-bond donors (Lipinski definition) is 2. The molecule has 2 aliphatic rings. The normalized spacial score (nSPS) is 33.2. The smallest absolute Gasteiger partial charge is 0.0843 e. The van der Waals surface area contributed by atoms with Crippen LogP contribution in [0, 0.1) is 5.92 Å². The van der Waals surface area contributed by atoms with Gasteiger partial charge >= 0.3 is 0 Å². The molecular weight excluding hydrogens is 218 g/mol. The molecule has 4 unspecified atom stereocenters. The van der Waals surface area contributed by atoms with Crippen LogP contribution in [0.5, 0.6) is 0 Å². The van der Waals surface area contributed by atoms with Gasteiger partial charge < -0.3 is 4.74 Å². The monoisotopic (exact) mass is 237 g/mol. The maximum Gasteiger partial charge on any atom is 0.0843 e. The SMILES string of the molecule is Cn1cc(CC(NN)C2CC3CCC2O3)nn1. The van der Waals surface area contributed by atoms with E-state index in [1.54, 1.807) is 4.68 Å². The van der Waals surface area contributed by atoms with Gasteiger partial charge in [0.05, 0.1) is 17.9 Å². The molecule has 2 bridgehead atoms. The van der Waals surface area contributed by atoms with Crippen molar-refractivity contribution in [2.75, 3.05) is 0 Å². The Bertz CT molecular complexity index is 393. The third-order valence-corrected chi connectivity index (χ3v) is 3.96. The van der Waals surface area contributed by atoms with E-state index < -0.39 is 0 Å². The van der Waals surface area contributed by atoms with Crippen molar-refractivity contribution >= 4 is 0 Å². The summed E-state index contributed by atoms with van der Waals surface area (Å²) in [4.78, 5) is 0. The Morgan fingerprint density at radius 1 is 1.65 bits per heavy atom. The minimum absolute atomic E-state index is 0.238. The molecule has 3 rings (SSSR count). The third-order valence-electron chi connectivity index (χ3n) is 3.96. The van der Waals surface area contributed by atoms with E-state index in [1.165, 1.54) is 12.8 Å². The Kier molecular flexibility index (Phi) is 2.85. The first kappa shape index (κ1) is 11.1. The van der Waals surface area contributed by atoms with Crippen molar-refractivity contribution in [1.29, 1.82) is 0 Å². The number of aryl methyl sites for hydroxylation is 1. The van der Waals surface area contributed by atoms with E-state index in [2.05, 4.69) is 15.7 Å². The Balaban J connectivity index is 1.67. The Morgan fingerprint density at radius 3 is 3.06 bits per heavy atom. The van der Waals surface area contributed by atoms with Crippen molar-refractivity contribution in [2.24, 2.45) is 18.8 Å². The summed E-state index contributed by atoms with van der Waals surface area (Å²) >= 11 is 0. The molecule has 2 fully saturated rings. The third kappa shape index (κ3) is 2.08. The maximum absolute atomic E-state index is 5.87. The lowest BCUT2D eigenvalue weighted by molar-refractivity contribution is 0.0856. The minimum atomic E-state index is 0.238. The number of ether oxygens (including phenoxy) is 1. The zero-order chi connectivity index (χ0) is 11.8. The molecular formula is C11H19N5O. The Morgan fingerprint density at radius 2 is 2.53 bits per heavy atom.